The van der Waals surface area contributed by atoms with Crippen molar-refractivity contribution in [2.75, 3.05) is 0 Å². The van der Waals surface area contributed by atoms with Crippen molar-refractivity contribution in [3.05, 3.63) is 30.1 Å². The number of carbonyl (C=O) groups is 2. The quantitative estimate of drug-likeness (QED) is 0.854. The smallest absolute Gasteiger partial charge is 0.408 e. The van der Waals surface area contributed by atoms with Gasteiger partial charge in [0.05, 0.1) is 0 Å². The normalized spacial score (nSPS) is 12.4. The average Bonchev–Trinajstić information content (AvgIpc) is 2.34. The van der Waals surface area contributed by atoms with Gasteiger partial charge in [0, 0.05) is 18.0 Å². The van der Waals surface area contributed by atoms with E-state index in [9.17, 15) is 9.59 Å². The lowest BCUT2D eigenvalue weighted by Gasteiger charge is -2.21. The number of aromatic nitrogens is 1. The van der Waals surface area contributed by atoms with Crippen molar-refractivity contribution in [3.63, 3.8) is 0 Å². The highest BCUT2D eigenvalue weighted by molar-refractivity contribution is 5.81. The first-order valence-corrected chi connectivity index (χ1v) is 6.33. The highest BCUT2D eigenvalue weighted by Gasteiger charge is 2.21. The highest BCUT2D eigenvalue weighted by atomic mass is 16.6. The Hall–Kier alpha value is -2.11. The van der Waals surface area contributed by atoms with E-state index >= 15 is 0 Å². The fourth-order valence-electron chi connectivity index (χ4n) is 1.31. The number of amides is 1. The Morgan fingerprint density at radius 2 is 2.10 bits per heavy atom. The summed E-state index contributed by atoms with van der Waals surface area (Å²) in [5, 5.41) is 2.42. The highest BCUT2D eigenvalue weighted by Crippen LogP contribution is 2.07. The van der Waals surface area contributed by atoms with Gasteiger partial charge < -0.3 is 14.8 Å². The number of alkyl carbamates (subject to hydrolysis) is 1. The zero-order valence-electron chi connectivity index (χ0n) is 12.2. The summed E-state index contributed by atoms with van der Waals surface area (Å²) in [6, 6.07) is 2.78. The third-order valence-electron chi connectivity index (χ3n) is 2.19. The van der Waals surface area contributed by atoms with Gasteiger partial charge in [0.2, 0.25) is 0 Å². The molecule has 110 valence electrons. The van der Waals surface area contributed by atoms with E-state index in [0.29, 0.717) is 0 Å². The zero-order chi connectivity index (χ0) is 15.2. The maximum absolute atomic E-state index is 11.7. The molecule has 0 bridgehead atoms. The minimum Gasteiger partial charge on any atom is -0.459 e. The van der Waals surface area contributed by atoms with Gasteiger partial charge in [0.25, 0.3) is 0 Å². The van der Waals surface area contributed by atoms with Gasteiger partial charge in [0.15, 0.2) is 0 Å². The van der Waals surface area contributed by atoms with Crippen LogP contribution in [0.25, 0.3) is 0 Å². The van der Waals surface area contributed by atoms with E-state index in [-0.39, 0.29) is 6.61 Å². The van der Waals surface area contributed by atoms with Crippen molar-refractivity contribution in [1.29, 1.82) is 0 Å². The molecule has 0 unspecified atom stereocenters. The number of ether oxygens (including phenoxy) is 2. The number of esters is 1. The number of hydrogen-bond donors (Lipinski definition) is 1. The minimum absolute atomic E-state index is 0.118. The lowest BCUT2D eigenvalue weighted by Crippen LogP contribution is -2.42. The molecule has 1 rings (SSSR count). The Bertz CT molecular complexity index is 454. The second-order valence-corrected chi connectivity index (χ2v) is 5.34. The Kier molecular flexibility index (Phi) is 5.49. The molecule has 0 aliphatic carbocycles. The fourth-order valence-corrected chi connectivity index (χ4v) is 1.31. The molecule has 1 amide bonds. The molecule has 0 aromatic carbocycles. The van der Waals surface area contributed by atoms with Crippen LogP contribution in [-0.4, -0.2) is 28.7 Å². The van der Waals surface area contributed by atoms with Crippen molar-refractivity contribution in [3.8, 4) is 0 Å². The number of nitrogens with one attached hydrogen (secondary N) is 1. The van der Waals surface area contributed by atoms with Crippen LogP contribution in [0.1, 0.15) is 33.3 Å². The van der Waals surface area contributed by atoms with Crippen molar-refractivity contribution in [1.82, 2.24) is 10.3 Å². The monoisotopic (exact) mass is 280 g/mol. The van der Waals surface area contributed by atoms with Gasteiger partial charge in [-0.3, -0.25) is 4.98 Å². The second kappa shape index (κ2) is 6.88. The molecule has 0 aliphatic heterocycles. The lowest BCUT2D eigenvalue weighted by atomic mass is 10.2. The molecule has 1 aromatic rings. The number of nitrogens with zero attached hydrogens (tertiary/aromatic N) is 1. The van der Waals surface area contributed by atoms with Crippen LogP contribution in [-0.2, 0) is 20.9 Å². The average molecular weight is 280 g/mol. The van der Waals surface area contributed by atoms with Crippen molar-refractivity contribution >= 4 is 12.1 Å². The van der Waals surface area contributed by atoms with E-state index in [0.717, 1.165) is 5.56 Å². The van der Waals surface area contributed by atoms with E-state index < -0.39 is 23.7 Å². The van der Waals surface area contributed by atoms with Gasteiger partial charge in [-0.1, -0.05) is 6.07 Å². The largest absolute Gasteiger partial charge is 0.459 e. The predicted molar refractivity (Wildman–Crippen MR) is 72.9 cm³/mol. The first kappa shape index (κ1) is 15.9. The first-order valence-electron chi connectivity index (χ1n) is 6.33. The van der Waals surface area contributed by atoms with E-state index in [1.807, 2.05) is 0 Å². The Morgan fingerprint density at radius 1 is 1.40 bits per heavy atom. The minimum atomic E-state index is -0.776. The van der Waals surface area contributed by atoms with Crippen LogP contribution in [0.2, 0.25) is 0 Å². The van der Waals surface area contributed by atoms with Crippen LogP contribution in [0.4, 0.5) is 4.79 Å². The van der Waals surface area contributed by atoms with Crippen LogP contribution in [0.3, 0.4) is 0 Å². The maximum atomic E-state index is 11.7. The molecule has 6 nitrogen and oxygen atoms in total. The molecule has 0 saturated heterocycles. The molecule has 1 atom stereocenters. The summed E-state index contributed by atoms with van der Waals surface area (Å²) < 4.78 is 10.1. The second-order valence-electron chi connectivity index (χ2n) is 5.34. The third kappa shape index (κ3) is 6.17. The SMILES string of the molecule is C[C@H](NC(=O)OC(C)(C)C)C(=O)OCc1cccnc1. The van der Waals surface area contributed by atoms with Crippen molar-refractivity contribution < 1.29 is 19.1 Å². The lowest BCUT2D eigenvalue weighted by molar-refractivity contribution is -0.147. The number of carbonyl (C=O) groups excluding carboxylic acids is 2. The summed E-state index contributed by atoms with van der Waals surface area (Å²) in [4.78, 5) is 27.1. The van der Waals surface area contributed by atoms with E-state index in [2.05, 4.69) is 10.3 Å². The molecule has 0 aliphatic rings. The maximum Gasteiger partial charge on any atom is 0.408 e. The van der Waals surface area contributed by atoms with E-state index in [4.69, 9.17) is 9.47 Å². The molecule has 20 heavy (non-hydrogen) atoms. The van der Waals surface area contributed by atoms with Gasteiger partial charge in [-0.25, -0.2) is 9.59 Å². The fraction of sp³-hybridized carbons (Fsp3) is 0.500. The summed E-state index contributed by atoms with van der Waals surface area (Å²) in [6.07, 6.45) is 2.60. The van der Waals surface area contributed by atoms with Crippen molar-refractivity contribution in [2.45, 2.75) is 45.9 Å². The van der Waals surface area contributed by atoms with Gasteiger partial charge in [-0.05, 0) is 33.8 Å². The van der Waals surface area contributed by atoms with Gasteiger partial charge in [0.1, 0.15) is 18.2 Å². The Balaban J connectivity index is 2.38. The molecule has 0 fully saturated rings. The summed E-state index contributed by atoms with van der Waals surface area (Å²) in [6.45, 7) is 6.90. The van der Waals surface area contributed by atoms with Gasteiger partial charge in [-0.2, -0.15) is 0 Å². The molecule has 6 heteroatoms. The van der Waals surface area contributed by atoms with Gasteiger partial charge in [-0.15, -0.1) is 0 Å². The Labute approximate surface area is 118 Å². The summed E-state index contributed by atoms with van der Waals surface area (Å²) in [5.74, 6) is -0.528. The topological polar surface area (TPSA) is 77.5 Å². The zero-order valence-corrected chi connectivity index (χ0v) is 12.2. The van der Waals surface area contributed by atoms with Gasteiger partial charge >= 0.3 is 12.1 Å². The molecule has 0 radical (unpaired) electrons. The standard InChI is InChI=1S/C14H20N2O4/c1-10(16-13(18)20-14(2,3)4)12(17)19-9-11-6-5-7-15-8-11/h5-8,10H,9H2,1-4H3,(H,16,18)/t10-/m0/s1. The van der Waals surface area contributed by atoms with Crippen molar-refractivity contribution in [2.24, 2.45) is 0 Å². The van der Waals surface area contributed by atoms with Crippen LogP contribution >= 0.6 is 0 Å². The molecule has 1 aromatic heterocycles. The van der Waals surface area contributed by atoms with Crippen LogP contribution in [0.15, 0.2) is 24.5 Å². The molecule has 0 saturated carbocycles. The van der Waals surface area contributed by atoms with E-state index in [1.165, 1.54) is 6.92 Å². The first-order chi connectivity index (χ1) is 9.28. The summed E-state index contributed by atoms with van der Waals surface area (Å²) in [7, 11) is 0. The summed E-state index contributed by atoms with van der Waals surface area (Å²) >= 11 is 0. The predicted octanol–water partition coefficient (Wildman–Crippen LogP) is 2.04. The van der Waals surface area contributed by atoms with Crippen LogP contribution < -0.4 is 5.32 Å². The van der Waals surface area contributed by atoms with Crippen LogP contribution in [0.5, 0.6) is 0 Å². The summed E-state index contributed by atoms with van der Waals surface area (Å²) in [5.41, 5.74) is 0.175. The molecule has 1 heterocycles. The number of rotatable bonds is 4. The molecule has 1 N–H and O–H groups in total. The van der Waals surface area contributed by atoms with E-state index in [1.54, 1.807) is 45.3 Å². The Morgan fingerprint density at radius 3 is 2.65 bits per heavy atom. The van der Waals surface area contributed by atoms with Crippen LogP contribution in [0, 0.1) is 0 Å². The number of pyridine rings is 1. The molecular weight excluding hydrogens is 260 g/mol. The third-order valence-corrected chi connectivity index (χ3v) is 2.19. The number of hydrogen-bond acceptors (Lipinski definition) is 5. The molecule has 0 spiro atoms. The molecular formula is C14H20N2O4.